The minimum absolute atomic E-state index is 0.436. The Morgan fingerprint density at radius 2 is 1.68 bits per heavy atom. The maximum absolute atomic E-state index is 11.5. The van der Waals surface area contributed by atoms with Crippen molar-refractivity contribution in [1.82, 2.24) is 0 Å². The molecule has 1 aromatic carbocycles. The lowest BCUT2D eigenvalue weighted by atomic mass is 10.2. The molecule has 0 saturated carbocycles. The van der Waals surface area contributed by atoms with E-state index in [1.54, 1.807) is 30.3 Å². The molecule has 1 aromatic rings. The van der Waals surface area contributed by atoms with Gasteiger partial charge in [0.05, 0.1) is 5.56 Å². The Morgan fingerprint density at radius 3 is 2.16 bits per heavy atom. The molecule has 1 rings (SSSR count). The molecule has 0 aromatic heterocycles. The van der Waals surface area contributed by atoms with Gasteiger partial charge in [-0.25, -0.2) is 4.79 Å². The molecular weight excluding hydrogens is 256 g/mol. The molecule has 0 saturated heterocycles. The zero-order valence-electron chi connectivity index (χ0n) is 10.5. The Morgan fingerprint density at radius 1 is 1.11 bits per heavy atom. The van der Waals surface area contributed by atoms with Crippen LogP contribution in [0.1, 0.15) is 12.0 Å². The van der Waals surface area contributed by atoms with Gasteiger partial charge < -0.3 is 19.1 Å². The summed E-state index contributed by atoms with van der Waals surface area (Å²) in [6.07, 6.45) is -0.766. The van der Waals surface area contributed by atoms with E-state index in [1.165, 1.54) is 14.2 Å². The molecule has 7 heteroatoms. The summed E-state index contributed by atoms with van der Waals surface area (Å²) in [7, 11) is 2.57. The number of benzene rings is 1. The van der Waals surface area contributed by atoms with E-state index in [2.05, 4.69) is 4.89 Å². The van der Waals surface area contributed by atoms with Crippen molar-refractivity contribution in [2.75, 3.05) is 14.2 Å². The molecule has 0 aliphatic heterocycles. The van der Waals surface area contributed by atoms with Crippen LogP contribution in [0.25, 0.3) is 0 Å². The lowest BCUT2D eigenvalue weighted by Crippen LogP contribution is -2.37. The molecule has 0 aliphatic rings. The van der Waals surface area contributed by atoms with Gasteiger partial charge in [-0.3, -0.25) is 4.79 Å². The topological polar surface area (TPSA) is 91.3 Å². The molecule has 0 fully saturated rings. The van der Waals surface area contributed by atoms with Crippen LogP contribution in [0.4, 0.5) is 0 Å². The Hall–Kier alpha value is -1.96. The fraction of sp³-hybridized carbons (Fsp3) is 0.333. The Balaban J connectivity index is 2.89. The molecule has 19 heavy (non-hydrogen) atoms. The predicted octanol–water partition coefficient (Wildman–Crippen LogP) is 1.04. The first-order valence-corrected chi connectivity index (χ1v) is 5.30. The van der Waals surface area contributed by atoms with Crippen molar-refractivity contribution < 1.29 is 33.9 Å². The molecule has 0 amide bonds. The first-order chi connectivity index (χ1) is 9.07. The van der Waals surface area contributed by atoms with E-state index in [-0.39, 0.29) is 0 Å². The highest BCUT2D eigenvalue weighted by Gasteiger charge is 2.37. The number of carbonyl (C=O) groups is 2. The molecule has 7 nitrogen and oxygen atoms in total. The summed E-state index contributed by atoms with van der Waals surface area (Å²) in [6, 6.07) is 8.44. The summed E-state index contributed by atoms with van der Waals surface area (Å²) in [5.41, 5.74) is 0.436. The first-order valence-electron chi connectivity index (χ1n) is 5.30. The average Bonchev–Trinajstić information content (AvgIpc) is 2.45. The van der Waals surface area contributed by atoms with E-state index in [4.69, 9.17) is 19.5 Å². The van der Waals surface area contributed by atoms with Crippen LogP contribution in [0.3, 0.4) is 0 Å². The zero-order valence-corrected chi connectivity index (χ0v) is 10.5. The van der Waals surface area contributed by atoms with Crippen LogP contribution in [-0.4, -0.2) is 31.4 Å². The molecule has 0 radical (unpaired) electrons. The zero-order chi connectivity index (χ0) is 14.3. The van der Waals surface area contributed by atoms with Gasteiger partial charge in [-0.2, -0.15) is 5.26 Å². The van der Waals surface area contributed by atoms with Crippen LogP contribution in [-0.2, 0) is 34.7 Å². The molecule has 0 bridgehead atoms. The van der Waals surface area contributed by atoms with Crippen LogP contribution in [0.5, 0.6) is 0 Å². The van der Waals surface area contributed by atoms with E-state index in [9.17, 15) is 9.59 Å². The van der Waals surface area contributed by atoms with E-state index < -0.39 is 24.3 Å². The largest absolute Gasteiger partial charge is 0.403 e. The Bertz CT molecular complexity index is 425. The average molecular weight is 270 g/mol. The summed E-state index contributed by atoms with van der Waals surface area (Å²) in [5, 5.41) is 8.09. The summed E-state index contributed by atoms with van der Waals surface area (Å²) in [4.78, 5) is 25.7. The van der Waals surface area contributed by atoms with Gasteiger partial charge in [0.2, 0.25) is 0 Å². The van der Waals surface area contributed by atoms with Gasteiger partial charge in [0.1, 0.15) is 6.42 Å². The fourth-order valence-electron chi connectivity index (χ4n) is 1.44. The van der Waals surface area contributed by atoms with Gasteiger partial charge in [0.25, 0.3) is 0 Å². The Kier molecular flexibility index (Phi) is 5.43. The Labute approximate surface area is 109 Å². The van der Waals surface area contributed by atoms with Crippen LogP contribution < -0.4 is 0 Å². The van der Waals surface area contributed by atoms with E-state index in [0.29, 0.717) is 5.56 Å². The molecular formula is C12H14O7. The summed E-state index contributed by atoms with van der Waals surface area (Å²) >= 11 is 0. The molecule has 0 aliphatic carbocycles. The number of ether oxygens (including phenoxy) is 3. The maximum Gasteiger partial charge on any atom is 0.357 e. The molecule has 0 atom stereocenters. The second-order valence-electron chi connectivity index (χ2n) is 3.44. The van der Waals surface area contributed by atoms with Gasteiger partial charge in [-0.1, -0.05) is 18.2 Å². The third kappa shape index (κ3) is 3.75. The van der Waals surface area contributed by atoms with Gasteiger partial charge in [0.15, 0.2) is 0 Å². The minimum atomic E-state index is -1.76. The smallest absolute Gasteiger partial charge is 0.357 e. The van der Waals surface area contributed by atoms with Crippen LogP contribution in [0.15, 0.2) is 30.3 Å². The van der Waals surface area contributed by atoms with Gasteiger partial charge in [-0.15, -0.1) is 0 Å². The van der Waals surface area contributed by atoms with Crippen LogP contribution in [0.2, 0.25) is 0 Å². The molecule has 0 heterocycles. The number of hydrogen-bond acceptors (Lipinski definition) is 7. The lowest BCUT2D eigenvalue weighted by molar-refractivity contribution is -0.356. The number of carbonyl (C=O) groups excluding carboxylic acids is 2. The molecule has 0 unspecified atom stereocenters. The number of methoxy groups -OCH3 is 2. The summed E-state index contributed by atoms with van der Waals surface area (Å²) < 4.78 is 15.2. The van der Waals surface area contributed by atoms with Gasteiger partial charge in [-0.05, 0) is 12.1 Å². The molecule has 1 N–H and O–H groups in total. The number of rotatable bonds is 6. The quantitative estimate of drug-likeness (QED) is 0.271. The first kappa shape index (κ1) is 15.1. The maximum atomic E-state index is 11.5. The molecule has 104 valence electrons. The highest BCUT2D eigenvalue weighted by atomic mass is 17.1. The number of hydrogen-bond donors (Lipinski definition) is 1. The lowest BCUT2D eigenvalue weighted by Gasteiger charge is -2.29. The molecule has 0 spiro atoms. The summed E-state index contributed by atoms with van der Waals surface area (Å²) in [6.45, 7) is 0. The van der Waals surface area contributed by atoms with Gasteiger partial charge in [0, 0.05) is 14.2 Å². The van der Waals surface area contributed by atoms with Crippen molar-refractivity contribution in [1.29, 1.82) is 0 Å². The standard InChI is InChI=1S/C12H14O7/c1-16-12(17-2,9-6-4-3-5-7-9)18-10(13)8-11(14)19-15/h3-7,15H,8H2,1-2H3. The third-order valence-electron chi connectivity index (χ3n) is 2.30. The van der Waals surface area contributed by atoms with Crippen molar-refractivity contribution >= 4 is 11.9 Å². The highest BCUT2D eigenvalue weighted by Crippen LogP contribution is 2.27. The van der Waals surface area contributed by atoms with E-state index in [1.807, 2.05) is 0 Å². The van der Waals surface area contributed by atoms with Crippen LogP contribution in [0, 0.1) is 0 Å². The van der Waals surface area contributed by atoms with Crippen molar-refractivity contribution in [2.45, 2.75) is 12.4 Å². The second-order valence-corrected chi connectivity index (χ2v) is 3.44. The van der Waals surface area contributed by atoms with Crippen molar-refractivity contribution in [2.24, 2.45) is 0 Å². The van der Waals surface area contributed by atoms with Gasteiger partial charge >= 0.3 is 17.9 Å². The normalized spacial score (nSPS) is 10.9. The minimum Gasteiger partial charge on any atom is -0.403 e. The van der Waals surface area contributed by atoms with Crippen LogP contribution >= 0.6 is 0 Å². The highest BCUT2D eigenvalue weighted by molar-refractivity contribution is 5.91. The van der Waals surface area contributed by atoms with E-state index >= 15 is 0 Å². The third-order valence-corrected chi connectivity index (χ3v) is 2.30. The number of esters is 1. The van der Waals surface area contributed by atoms with Crippen molar-refractivity contribution in [3.8, 4) is 0 Å². The fourth-order valence-corrected chi connectivity index (χ4v) is 1.44. The monoisotopic (exact) mass is 270 g/mol. The van der Waals surface area contributed by atoms with Crippen molar-refractivity contribution in [3.05, 3.63) is 35.9 Å². The SMILES string of the molecule is COC(OC)(OC(=O)CC(=O)OO)c1ccccc1. The predicted molar refractivity (Wildman–Crippen MR) is 61.6 cm³/mol. The van der Waals surface area contributed by atoms with E-state index in [0.717, 1.165) is 0 Å². The van der Waals surface area contributed by atoms with Crippen molar-refractivity contribution in [3.63, 3.8) is 0 Å². The summed E-state index contributed by atoms with van der Waals surface area (Å²) in [5.74, 6) is -3.86. The second kappa shape index (κ2) is 6.83.